The molecule has 0 unspecified atom stereocenters. The van der Waals surface area contributed by atoms with E-state index in [2.05, 4.69) is 6.58 Å². The van der Waals surface area contributed by atoms with Crippen LogP contribution in [0.4, 0.5) is 0 Å². The van der Waals surface area contributed by atoms with E-state index in [0.29, 0.717) is 0 Å². The zero-order valence-corrected chi connectivity index (χ0v) is 15.0. The van der Waals surface area contributed by atoms with Gasteiger partial charge in [-0.25, -0.2) is 0 Å². The number of carbonyl (C=O) groups is 1. The Labute approximate surface area is 136 Å². The van der Waals surface area contributed by atoms with Crippen molar-refractivity contribution in [1.82, 2.24) is 0 Å². The molecule has 0 radical (unpaired) electrons. The van der Waals surface area contributed by atoms with Gasteiger partial charge in [0.2, 0.25) is 0 Å². The Balaban J connectivity index is 0. The molecule has 0 saturated carbocycles. The van der Waals surface area contributed by atoms with Crippen molar-refractivity contribution in [3.8, 4) is 0 Å². The first-order valence-electron chi connectivity index (χ1n) is 6.50. The van der Waals surface area contributed by atoms with Crippen molar-refractivity contribution in [2.45, 2.75) is 72.8 Å². The van der Waals surface area contributed by atoms with Crippen LogP contribution in [0.3, 0.4) is 0 Å². The number of ether oxygens (including phenoxy) is 4. The second kappa shape index (κ2) is 9.56. The van der Waals surface area contributed by atoms with E-state index in [1.807, 2.05) is 41.5 Å². The maximum atomic E-state index is 11.3. The van der Waals surface area contributed by atoms with Crippen LogP contribution in [0.5, 0.6) is 0 Å². The quantitative estimate of drug-likeness (QED) is 0.298. The largest absolute Gasteiger partial charge is 2.00 e. The van der Waals surface area contributed by atoms with Gasteiger partial charge >= 0.3 is 33.7 Å². The predicted molar refractivity (Wildman–Crippen MR) is 72.3 cm³/mol. The van der Waals surface area contributed by atoms with E-state index in [1.54, 1.807) is 0 Å². The fraction of sp³-hybridized carbons (Fsp3) is 0.786. The molecule has 0 saturated heterocycles. The minimum Gasteiger partial charge on any atom is -0.486 e. The maximum absolute atomic E-state index is 11.3. The molecule has 0 atom stereocenters. The number of esters is 1. The summed E-state index contributed by atoms with van der Waals surface area (Å²) in [6.07, 6.45) is -0.592. The zero-order valence-electron chi connectivity index (χ0n) is 13.5. The molecule has 0 heterocycles. The van der Waals surface area contributed by atoms with Crippen LogP contribution in [0.1, 0.15) is 48.5 Å². The van der Waals surface area contributed by atoms with E-state index in [4.69, 9.17) is 18.9 Å². The van der Waals surface area contributed by atoms with Gasteiger partial charge in [-0.2, -0.15) is 0 Å². The van der Waals surface area contributed by atoms with Crippen molar-refractivity contribution in [2.75, 3.05) is 0 Å². The Morgan fingerprint density at radius 2 is 1.35 bits per heavy atom. The van der Waals surface area contributed by atoms with Gasteiger partial charge in [-0.1, -0.05) is 6.58 Å². The molecule has 0 aromatic heterocycles. The van der Waals surface area contributed by atoms with Crippen molar-refractivity contribution in [3.05, 3.63) is 12.3 Å². The predicted octanol–water partition coefficient (Wildman–Crippen LogP) is 2.99. The molecule has 5 nitrogen and oxygen atoms in total. The number of rotatable bonds is 8. The molecule has 0 bridgehead atoms. The van der Waals surface area contributed by atoms with E-state index < -0.39 is 11.9 Å². The van der Waals surface area contributed by atoms with E-state index in [1.165, 1.54) is 6.92 Å². The minimum atomic E-state index is -1.71. The summed E-state index contributed by atoms with van der Waals surface area (Å²) in [5.74, 6) is -2.12. The first-order chi connectivity index (χ1) is 8.59. The van der Waals surface area contributed by atoms with Gasteiger partial charge in [0.05, 0.1) is 18.3 Å². The molecule has 20 heavy (non-hydrogen) atoms. The fourth-order valence-corrected chi connectivity index (χ4v) is 1.43. The molecule has 0 spiro atoms. The summed E-state index contributed by atoms with van der Waals surface area (Å²) < 4.78 is 22.0. The topological polar surface area (TPSA) is 54.0 Å². The van der Waals surface area contributed by atoms with Crippen molar-refractivity contribution < 1.29 is 45.5 Å². The van der Waals surface area contributed by atoms with Gasteiger partial charge in [0.1, 0.15) is 0 Å². The number of carbonyl (C=O) groups excluding carboxylic acids is 1. The van der Waals surface area contributed by atoms with E-state index in [-0.39, 0.29) is 45.8 Å². The summed E-state index contributed by atoms with van der Waals surface area (Å²) in [5.41, 5.74) is 0. The third kappa shape index (κ3) is 8.05. The zero-order chi connectivity index (χ0) is 15.2. The smallest absolute Gasteiger partial charge is 0.486 e. The fourth-order valence-electron chi connectivity index (χ4n) is 1.43. The van der Waals surface area contributed by atoms with Crippen molar-refractivity contribution >= 4 is 5.97 Å². The number of hydrogen-bond donors (Lipinski definition) is 0. The molecule has 6 heteroatoms. The molecular weight excluding hydrogens is 296 g/mol. The van der Waals surface area contributed by atoms with E-state index in [9.17, 15) is 4.79 Å². The van der Waals surface area contributed by atoms with E-state index in [0.717, 1.165) is 0 Å². The Bertz CT molecular complexity index is 303. The van der Waals surface area contributed by atoms with Crippen molar-refractivity contribution in [1.29, 1.82) is 0 Å². The molecule has 114 valence electrons. The molecule has 0 rings (SSSR count). The van der Waals surface area contributed by atoms with Crippen LogP contribution in [0, 0.1) is 0 Å². The van der Waals surface area contributed by atoms with Gasteiger partial charge in [0, 0.05) is 6.92 Å². The summed E-state index contributed by atoms with van der Waals surface area (Å²) in [7, 11) is 0. The van der Waals surface area contributed by atoms with Crippen LogP contribution >= 0.6 is 0 Å². The molecule has 0 aliphatic heterocycles. The van der Waals surface area contributed by atoms with Gasteiger partial charge in [0.15, 0.2) is 5.76 Å². The molecule has 0 aromatic carbocycles. The summed E-state index contributed by atoms with van der Waals surface area (Å²) in [6.45, 7) is 16.0. The monoisotopic (exact) mass is 322 g/mol. The SMILES string of the molecule is C=C(OC(C)C)C(OC(C)=O)(OC(C)C)OC(C)C.[Ti+2]. The first kappa shape index (κ1) is 21.9. The third-order valence-electron chi connectivity index (χ3n) is 1.78. The van der Waals surface area contributed by atoms with Gasteiger partial charge in [0.25, 0.3) is 0 Å². The molecule has 0 N–H and O–H groups in total. The van der Waals surface area contributed by atoms with Crippen LogP contribution in [-0.2, 0) is 45.5 Å². The molecule has 0 aliphatic rings. The average Bonchev–Trinajstić information content (AvgIpc) is 2.12. The second-order valence-corrected chi connectivity index (χ2v) is 5.07. The molecule has 0 aromatic rings. The van der Waals surface area contributed by atoms with Gasteiger partial charge < -0.3 is 18.9 Å². The van der Waals surface area contributed by atoms with Crippen LogP contribution in [-0.4, -0.2) is 30.3 Å². The molecule has 0 aliphatic carbocycles. The van der Waals surface area contributed by atoms with Crippen LogP contribution in [0.2, 0.25) is 0 Å². The minimum absolute atomic E-state index is 0. The van der Waals surface area contributed by atoms with Crippen molar-refractivity contribution in [3.63, 3.8) is 0 Å². The van der Waals surface area contributed by atoms with Crippen LogP contribution < -0.4 is 0 Å². The van der Waals surface area contributed by atoms with Gasteiger partial charge in [-0.05, 0) is 41.5 Å². The number of hydrogen-bond acceptors (Lipinski definition) is 5. The first-order valence-corrected chi connectivity index (χ1v) is 6.50. The van der Waals surface area contributed by atoms with E-state index >= 15 is 0 Å². The molecule has 0 fully saturated rings. The standard InChI is InChI=1S/C14H26O5.Ti/c1-9(2)16-12(7)14(17-10(3)4,18-11(5)6)19-13(8)15;/h9-11H,7H2,1-6,8H3;/q;+2. The molecule has 0 amide bonds. The summed E-state index contributed by atoms with van der Waals surface area (Å²) in [4.78, 5) is 11.3. The Kier molecular flexibility index (Phi) is 10.5. The maximum Gasteiger partial charge on any atom is 2.00 e. The third-order valence-corrected chi connectivity index (χ3v) is 1.78. The van der Waals surface area contributed by atoms with Crippen molar-refractivity contribution in [2.24, 2.45) is 0 Å². The Morgan fingerprint density at radius 3 is 1.60 bits per heavy atom. The average molecular weight is 322 g/mol. The van der Waals surface area contributed by atoms with Gasteiger partial charge in [-0.15, -0.1) is 0 Å². The Hall–Kier alpha value is -0.356. The normalized spacial score (nSPS) is 11.5. The summed E-state index contributed by atoms with van der Waals surface area (Å²) in [6, 6.07) is 0. The van der Waals surface area contributed by atoms with Crippen LogP contribution in [0.25, 0.3) is 0 Å². The Morgan fingerprint density at radius 1 is 0.950 bits per heavy atom. The van der Waals surface area contributed by atoms with Crippen LogP contribution in [0.15, 0.2) is 12.3 Å². The molecular formula is C14H26O5Ti+2. The summed E-state index contributed by atoms with van der Waals surface area (Å²) >= 11 is 0. The van der Waals surface area contributed by atoms with Gasteiger partial charge in [-0.3, -0.25) is 4.79 Å². The second-order valence-electron chi connectivity index (χ2n) is 5.07. The summed E-state index contributed by atoms with van der Waals surface area (Å²) in [5, 5.41) is 0.